The summed E-state index contributed by atoms with van der Waals surface area (Å²) in [6.07, 6.45) is 63.2. The molecule has 0 aromatic heterocycles. The Labute approximate surface area is 404 Å². The summed E-state index contributed by atoms with van der Waals surface area (Å²) in [5, 5.41) is 0. The van der Waals surface area contributed by atoms with Crippen molar-refractivity contribution < 1.29 is 28.6 Å². The van der Waals surface area contributed by atoms with E-state index in [1.807, 2.05) is 0 Å². The van der Waals surface area contributed by atoms with Crippen LogP contribution in [-0.2, 0) is 28.6 Å². The molecule has 0 spiro atoms. The molecule has 0 heterocycles. The molecule has 1 unspecified atom stereocenters. The Bertz CT molecular complexity index is 1050. The smallest absolute Gasteiger partial charge is 0.306 e. The summed E-state index contributed by atoms with van der Waals surface area (Å²) in [5.74, 6) is -0.864. The lowest BCUT2D eigenvalue weighted by Gasteiger charge is -2.18. The van der Waals surface area contributed by atoms with Crippen molar-refractivity contribution in [3.05, 3.63) is 24.3 Å². The van der Waals surface area contributed by atoms with E-state index in [0.29, 0.717) is 19.3 Å². The Hall–Kier alpha value is -2.11. The highest BCUT2D eigenvalue weighted by Crippen LogP contribution is 2.16. The standard InChI is InChI=1S/C59H110O6/c1-4-7-10-13-16-19-22-25-26-27-28-29-30-31-32-33-34-35-38-40-43-46-49-52-58(61)64-55-56(65-59(62)53-50-47-44-41-37-24-21-18-15-12-9-6-3)54-63-57(60)51-48-45-42-39-36-23-20-17-14-11-8-5-2/h18,21,27-28,56H,4-17,19-20,22-26,29-55H2,1-3H3/b21-18-,28-27-. The van der Waals surface area contributed by atoms with Gasteiger partial charge in [0, 0.05) is 19.3 Å². The number of esters is 3. The lowest BCUT2D eigenvalue weighted by atomic mass is 10.0. The maximum absolute atomic E-state index is 12.8. The Morgan fingerprint density at radius 3 is 0.800 bits per heavy atom. The minimum Gasteiger partial charge on any atom is -0.462 e. The van der Waals surface area contributed by atoms with Crippen LogP contribution < -0.4 is 0 Å². The number of unbranched alkanes of at least 4 members (excludes halogenated alkanes) is 38. The molecule has 1 atom stereocenters. The van der Waals surface area contributed by atoms with Gasteiger partial charge < -0.3 is 14.2 Å². The molecule has 0 radical (unpaired) electrons. The Morgan fingerprint density at radius 1 is 0.292 bits per heavy atom. The van der Waals surface area contributed by atoms with Crippen molar-refractivity contribution in [2.45, 2.75) is 322 Å². The first kappa shape index (κ1) is 62.9. The molecule has 382 valence electrons. The monoisotopic (exact) mass is 915 g/mol. The Kier molecular flexibility index (Phi) is 52.7. The molecular formula is C59H110O6. The topological polar surface area (TPSA) is 78.9 Å². The minimum absolute atomic E-state index is 0.0706. The van der Waals surface area contributed by atoms with Gasteiger partial charge in [-0.05, 0) is 70.6 Å². The normalized spacial score (nSPS) is 12.1. The molecule has 0 aromatic carbocycles. The molecule has 6 heteroatoms. The summed E-state index contributed by atoms with van der Waals surface area (Å²) < 4.78 is 16.8. The zero-order valence-corrected chi connectivity index (χ0v) is 43.8. The van der Waals surface area contributed by atoms with Crippen molar-refractivity contribution in [2.24, 2.45) is 0 Å². The lowest BCUT2D eigenvalue weighted by molar-refractivity contribution is -0.167. The fourth-order valence-corrected chi connectivity index (χ4v) is 8.55. The van der Waals surface area contributed by atoms with Gasteiger partial charge >= 0.3 is 17.9 Å². The van der Waals surface area contributed by atoms with Crippen LogP contribution in [0.5, 0.6) is 0 Å². The van der Waals surface area contributed by atoms with Crippen molar-refractivity contribution in [3.8, 4) is 0 Å². The van der Waals surface area contributed by atoms with Gasteiger partial charge in [-0.15, -0.1) is 0 Å². The second kappa shape index (κ2) is 54.5. The first-order valence-electron chi connectivity index (χ1n) is 28.8. The van der Waals surface area contributed by atoms with Gasteiger partial charge in [0.05, 0.1) is 0 Å². The number of carbonyl (C=O) groups excluding carboxylic acids is 3. The second-order valence-electron chi connectivity index (χ2n) is 19.6. The van der Waals surface area contributed by atoms with E-state index >= 15 is 0 Å². The molecule has 0 aliphatic carbocycles. The van der Waals surface area contributed by atoms with Gasteiger partial charge in [0.1, 0.15) is 13.2 Å². The molecule has 0 aliphatic heterocycles. The fourth-order valence-electron chi connectivity index (χ4n) is 8.55. The molecule has 0 rings (SSSR count). The van der Waals surface area contributed by atoms with Crippen LogP contribution in [0.4, 0.5) is 0 Å². The zero-order valence-electron chi connectivity index (χ0n) is 43.8. The van der Waals surface area contributed by atoms with Crippen LogP contribution in [0.1, 0.15) is 316 Å². The molecule has 65 heavy (non-hydrogen) atoms. The summed E-state index contributed by atoms with van der Waals surface area (Å²) in [6.45, 7) is 6.64. The predicted octanol–water partition coefficient (Wildman–Crippen LogP) is 19.1. The van der Waals surface area contributed by atoms with Crippen LogP contribution in [0.3, 0.4) is 0 Å². The van der Waals surface area contributed by atoms with Crippen molar-refractivity contribution in [1.82, 2.24) is 0 Å². The summed E-state index contributed by atoms with van der Waals surface area (Å²) in [6, 6.07) is 0. The van der Waals surface area contributed by atoms with Crippen molar-refractivity contribution in [2.75, 3.05) is 13.2 Å². The van der Waals surface area contributed by atoms with Gasteiger partial charge in [-0.3, -0.25) is 14.4 Å². The quantitative estimate of drug-likeness (QED) is 0.0262. The summed E-state index contributed by atoms with van der Waals surface area (Å²) in [7, 11) is 0. The van der Waals surface area contributed by atoms with Crippen LogP contribution in [0.2, 0.25) is 0 Å². The molecule has 0 N–H and O–H groups in total. The van der Waals surface area contributed by atoms with Crippen LogP contribution in [0.15, 0.2) is 24.3 Å². The van der Waals surface area contributed by atoms with E-state index in [4.69, 9.17) is 14.2 Å². The number of ether oxygens (including phenoxy) is 3. The SMILES string of the molecule is CCCCC/C=C\CCCCCCCC(=O)OC(COC(=O)CCCCCCCCCCCCCC)COC(=O)CCCCCCCCCCCCC/C=C\CCCCCCCCCC. The molecule has 0 amide bonds. The van der Waals surface area contributed by atoms with Crippen molar-refractivity contribution >= 4 is 17.9 Å². The molecule has 0 aromatic rings. The number of rotatable bonds is 53. The average Bonchev–Trinajstić information content (AvgIpc) is 3.30. The third-order valence-corrected chi connectivity index (χ3v) is 12.9. The van der Waals surface area contributed by atoms with E-state index < -0.39 is 6.10 Å². The van der Waals surface area contributed by atoms with E-state index in [0.717, 1.165) is 64.2 Å². The molecule has 0 fully saturated rings. The average molecular weight is 916 g/mol. The second-order valence-corrected chi connectivity index (χ2v) is 19.6. The maximum Gasteiger partial charge on any atom is 0.306 e. The largest absolute Gasteiger partial charge is 0.462 e. The molecule has 6 nitrogen and oxygen atoms in total. The van der Waals surface area contributed by atoms with Gasteiger partial charge in [0.15, 0.2) is 6.10 Å². The van der Waals surface area contributed by atoms with Gasteiger partial charge in [0.2, 0.25) is 0 Å². The van der Waals surface area contributed by atoms with Gasteiger partial charge in [-0.25, -0.2) is 0 Å². The highest BCUT2D eigenvalue weighted by molar-refractivity contribution is 5.71. The van der Waals surface area contributed by atoms with E-state index in [9.17, 15) is 14.4 Å². The van der Waals surface area contributed by atoms with E-state index in [-0.39, 0.29) is 31.1 Å². The summed E-state index contributed by atoms with van der Waals surface area (Å²) in [5.41, 5.74) is 0. The highest BCUT2D eigenvalue weighted by atomic mass is 16.6. The third-order valence-electron chi connectivity index (χ3n) is 12.9. The first-order chi connectivity index (χ1) is 32.0. The molecule has 0 aliphatic rings. The van der Waals surface area contributed by atoms with E-state index in [1.165, 1.54) is 212 Å². The number of hydrogen-bond acceptors (Lipinski definition) is 6. The van der Waals surface area contributed by atoms with Gasteiger partial charge in [-0.2, -0.15) is 0 Å². The number of carbonyl (C=O) groups is 3. The molecule has 0 saturated carbocycles. The highest BCUT2D eigenvalue weighted by Gasteiger charge is 2.19. The van der Waals surface area contributed by atoms with Crippen LogP contribution in [0, 0.1) is 0 Å². The van der Waals surface area contributed by atoms with Crippen molar-refractivity contribution in [1.29, 1.82) is 0 Å². The predicted molar refractivity (Wildman–Crippen MR) is 279 cm³/mol. The van der Waals surface area contributed by atoms with Gasteiger partial charge in [0.25, 0.3) is 0 Å². The summed E-state index contributed by atoms with van der Waals surface area (Å²) >= 11 is 0. The van der Waals surface area contributed by atoms with E-state index in [1.54, 1.807) is 0 Å². The van der Waals surface area contributed by atoms with Crippen molar-refractivity contribution in [3.63, 3.8) is 0 Å². The lowest BCUT2D eigenvalue weighted by Crippen LogP contribution is -2.30. The first-order valence-corrected chi connectivity index (χ1v) is 28.8. The Balaban J connectivity index is 4.21. The molecular weight excluding hydrogens is 805 g/mol. The number of hydrogen-bond donors (Lipinski definition) is 0. The van der Waals surface area contributed by atoms with Gasteiger partial charge in [-0.1, -0.05) is 251 Å². The fraction of sp³-hybridized carbons (Fsp3) is 0.881. The molecule has 0 bridgehead atoms. The van der Waals surface area contributed by atoms with E-state index in [2.05, 4.69) is 45.1 Å². The Morgan fingerprint density at radius 2 is 0.508 bits per heavy atom. The summed E-state index contributed by atoms with van der Waals surface area (Å²) in [4.78, 5) is 38.0. The zero-order chi connectivity index (χ0) is 47.2. The van der Waals surface area contributed by atoms with Crippen LogP contribution in [0.25, 0.3) is 0 Å². The van der Waals surface area contributed by atoms with Crippen LogP contribution in [-0.4, -0.2) is 37.2 Å². The van der Waals surface area contributed by atoms with Crippen LogP contribution >= 0.6 is 0 Å². The number of allylic oxidation sites excluding steroid dienone is 4. The third kappa shape index (κ3) is 52.7. The minimum atomic E-state index is -0.771. The maximum atomic E-state index is 12.8. The molecule has 0 saturated heterocycles.